The highest BCUT2D eigenvalue weighted by molar-refractivity contribution is 7.82. The summed E-state index contributed by atoms with van der Waals surface area (Å²) in [5, 5.41) is -0.300. The van der Waals surface area contributed by atoms with Gasteiger partial charge in [-0.05, 0) is 139 Å². The Kier molecular flexibility index (Phi) is 63.6. The quantitative estimate of drug-likeness (QED) is 0.0184. The molecule has 0 N–H and O–H groups in total. The zero-order chi connectivity index (χ0) is 77.3. The Morgan fingerprint density at radius 2 is 0.426 bits per heavy atom. The molecule has 4 rings (SSSR count). The molecule has 0 aliphatic heterocycles. The van der Waals surface area contributed by atoms with Crippen molar-refractivity contribution in [3.8, 4) is 0 Å². The molecule has 108 heavy (non-hydrogen) atoms. The Labute approximate surface area is 706 Å². The number of hydrogen-bond donors (Lipinski definition) is 6. The number of rotatable bonds is 77. The lowest BCUT2D eigenvalue weighted by atomic mass is 9.59. The van der Waals surface area contributed by atoms with E-state index in [1.165, 1.54) is 455 Å². The van der Waals surface area contributed by atoms with Crippen molar-refractivity contribution in [3.63, 3.8) is 0 Å². The van der Waals surface area contributed by atoms with Gasteiger partial charge in [0.25, 0.3) is 0 Å². The van der Waals surface area contributed by atoms with Crippen molar-refractivity contribution in [2.75, 3.05) is 5.75 Å². The largest absolute Gasteiger partial charge is 0.179 e. The minimum Gasteiger partial charge on any atom is -0.179 e. The van der Waals surface area contributed by atoms with E-state index in [9.17, 15) is 0 Å². The van der Waals surface area contributed by atoms with Gasteiger partial charge in [0.05, 0.1) is 0 Å². The molecule has 4 aromatic rings. The molecule has 618 valence electrons. The molecule has 0 saturated carbocycles. The van der Waals surface area contributed by atoms with Gasteiger partial charge in [0.1, 0.15) is 0 Å². The highest BCUT2D eigenvalue weighted by Crippen LogP contribution is 2.61. The predicted octanol–water partition coefficient (Wildman–Crippen LogP) is 36.5. The molecule has 0 saturated heterocycles. The standard InChI is InChI=1S/C102H174S6/c1-5-9-13-17-21-25-29-33-37-41-45-49-53-57-61-65-70-88-75-79-92(97(104)84-88)94(74-69-83-103)102(95-81-77-90(86-99(95)106)72-67-63-59-55-51-47-43-39-35-31-27-23-19-15-11-7-3,96-82-78-91(87-100(96)107)73-68-64-60-56-52-48-44-40-36-32-28-24-20-16-12-8-4)101(108)93-80-76-89(85-98(93)105)71-66-62-58-54-50-46-42-38-34-30-26-22-18-14-10-6-2/h75-82,84-87,94,101,103-108H,5-74,83H2,1-4H3. The van der Waals surface area contributed by atoms with Crippen molar-refractivity contribution in [2.45, 2.75) is 513 Å². The molecule has 0 aliphatic rings. The summed E-state index contributed by atoms with van der Waals surface area (Å²) in [7, 11) is 0. The van der Waals surface area contributed by atoms with Gasteiger partial charge in [-0.3, -0.25) is 0 Å². The fourth-order valence-electron chi connectivity index (χ4n) is 17.9. The first-order valence-corrected chi connectivity index (χ1v) is 50.7. The molecule has 0 nitrogen and oxygen atoms in total. The maximum atomic E-state index is 6.15. The topological polar surface area (TPSA) is 0 Å². The zero-order valence-electron chi connectivity index (χ0n) is 71.5. The Hall–Kier alpha value is -1.02. The third-order valence-electron chi connectivity index (χ3n) is 24.8. The van der Waals surface area contributed by atoms with E-state index >= 15 is 0 Å². The van der Waals surface area contributed by atoms with Crippen LogP contribution in [0, 0.1) is 0 Å². The summed E-state index contributed by atoms with van der Waals surface area (Å²) >= 11 is 33.8. The molecule has 0 radical (unpaired) electrons. The fraction of sp³-hybridized carbons (Fsp3) is 0.765. The molecule has 0 spiro atoms. The summed E-state index contributed by atoms with van der Waals surface area (Å²) in [5.74, 6) is 0.767. The van der Waals surface area contributed by atoms with Crippen molar-refractivity contribution in [2.24, 2.45) is 0 Å². The second kappa shape index (κ2) is 69.1. The van der Waals surface area contributed by atoms with E-state index < -0.39 is 5.41 Å². The molecule has 0 amide bonds. The van der Waals surface area contributed by atoms with Crippen LogP contribution in [0.15, 0.2) is 92.4 Å². The number of hydrogen-bond acceptors (Lipinski definition) is 6. The van der Waals surface area contributed by atoms with Crippen LogP contribution in [-0.4, -0.2) is 5.75 Å². The SMILES string of the molecule is CCCCCCCCCCCCCCCCCCc1ccc(C(S)C(c2ccc(CCCCCCCCCCCCCCCCCC)cc2S)(c2ccc(CCCCCCCCCCCCCCCCCC)cc2S)C(CCCS)c2ccc(CCCCCCCCCCCCCCCCCC)cc2S)c(S)c1. The third-order valence-corrected chi connectivity index (χ3v) is 27.3. The average molecular weight is 1590 g/mol. The molecule has 6 heteroatoms. The van der Waals surface area contributed by atoms with Crippen molar-refractivity contribution in [3.05, 3.63) is 117 Å². The molecule has 0 aliphatic carbocycles. The monoisotopic (exact) mass is 1590 g/mol. The fourth-order valence-corrected chi connectivity index (χ4v) is 20.4. The smallest absolute Gasteiger partial charge is 0.0450 e. The lowest BCUT2D eigenvalue weighted by molar-refractivity contribution is 0.361. The molecule has 4 aromatic carbocycles. The maximum Gasteiger partial charge on any atom is 0.0450 e. The first-order valence-electron chi connectivity index (χ1n) is 47.7. The summed E-state index contributed by atoms with van der Waals surface area (Å²) in [6.07, 6.45) is 95.0. The Balaban J connectivity index is 1.59. The zero-order valence-corrected chi connectivity index (χ0v) is 76.8. The van der Waals surface area contributed by atoms with Crippen LogP contribution in [0.4, 0.5) is 0 Å². The third kappa shape index (κ3) is 44.9. The van der Waals surface area contributed by atoms with Gasteiger partial charge in [-0.25, -0.2) is 0 Å². The molecule has 0 aromatic heterocycles. The number of thiol groups is 6. The van der Waals surface area contributed by atoms with Gasteiger partial charge in [-0.15, -0.1) is 50.5 Å². The summed E-state index contributed by atoms with van der Waals surface area (Å²) in [6, 6.07) is 29.3. The molecular weight excluding hydrogens is 1420 g/mol. The molecule has 0 bridgehead atoms. The first-order chi connectivity index (χ1) is 53.2. The molecule has 2 atom stereocenters. The molecule has 0 heterocycles. The van der Waals surface area contributed by atoms with Crippen LogP contribution >= 0.6 is 75.8 Å². The summed E-state index contributed by atoms with van der Waals surface area (Å²) in [4.78, 5) is 4.21. The second-order valence-corrected chi connectivity index (χ2v) is 37.3. The predicted molar refractivity (Wildman–Crippen MR) is 506 cm³/mol. The van der Waals surface area contributed by atoms with Crippen LogP contribution in [0.25, 0.3) is 0 Å². The van der Waals surface area contributed by atoms with Crippen LogP contribution in [0.1, 0.15) is 507 Å². The van der Waals surface area contributed by atoms with Gasteiger partial charge in [0.2, 0.25) is 0 Å². The van der Waals surface area contributed by atoms with Crippen molar-refractivity contribution in [1.82, 2.24) is 0 Å². The van der Waals surface area contributed by atoms with E-state index in [0.29, 0.717) is 0 Å². The first kappa shape index (κ1) is 99.3. The van der Waals surface area contributed by atoms with E-state index in [1.54, 1.807) is 0 Å². The van der Waals surface area contributed by atoms with E-state index in [2.05, 4.69) is 100 Å². The van der Waals surface area contributed by atoms with E-state index in [1.807, 2.05) is 0 Å². The average Bonchev–Trinajstić information content (AvgIpc) is 0.714. The molecular formula is C102H174S6. The van der Waals surface area contributed by atoms with Gasteiger partial charge in [0.15, 0.2) is 0 Å². The minimum absolute atomic E-state index is 0.0316. The van der Waals surface area contributed by atoms with Gasteiger partial charge in [-0.2, -0.15) is 25.3 Å². The lowest BCUT2D eigenvalue weighted by Crippen LogP contribution is -2.41. The van der Waals surface area contributed by atoms with Crippen molar-refractivity contribution >= 4 is 75.8 Å². The van der Waals surface area contributed by atoms with Crippen LogP contribution < -0.4 is 0 Å². The molecule has 2 unspecified atom stereocenters. The van der Waals surface area contributed by atoms with Gasteiger partial charge >= 0.3 is 0 Å². The van der Waals surface area contributed by atoms with Crippen LogP contribution in [0.3, 0.4) is 0 Å². The maximum absolute atomic E-state index is 6.15. The number of aryl methyl sites for hydroxylation is 4. The normalized spacial score (nSPS) is 12.5. The molecule has 0 fully saturated rings. The summed E-state index contributed by atoms with van der Waals surface area (Å²) < 4.78 is 0. The summed E-state index contributed by atoms with van der Waals surface area (Å²) in [6.45, 7) is 9.27. The van der Waals surface area contributed by atoms with Crippen LogP contribution in [0.5, 0.6) is 0 Å². The van der Waals surface area contributed by atoms with Crippen molar-refractivity contribution in [1.29, 1.82) is 0 Å². The van der Waals surface area contributed by atoms with Crippen molar-refractivity contribution < 1.29 is 0 Å². The lowest BCUT2D eigenvalue weighted by Gasteiger charge is -2.48. The van der Waals surface area contributed by atoms with E-state index in [0.717, 1.165) is 63.9 Å². The van der Waals surface area contributed by atoms with Crippen LogP contribution in [-0.2, 0) is 31.1 Å². The van der Waals surface area contributed by atoms with Gasteiger partial charge in [-0.1, -0.05) is 461 Å². The van der Waals surface area contributed by atoms with E-state index in [4.69, 9.17) is 75.8 Å². The second-order valence-electron chi connectivity index (χ2n) is 34.4. The van der Waals surface area contributed by atoms with Gasteiger partial charge in [0, 0.05) is 36.2 Å². The Morgan fingerprint density at radius 3 is 0.630 bits per heavy atom. The number of unbranched alkanes of at least 4 members (excludes halogenated alkanes) is 60. The minimum atomic E-state index is -0.723. The number of benzene rings is 4. The van der Waals surface area contributed by atoms with E-state index in [-0.39, 0.29) is 11.2 Å². The highest BCUT2D eigenvalue weighted by Gasteiger charge is 2.51. The van der Waals surface area contributed by atoms with Crippen LogP contribution in [0.2, 0.25) is 0 Å². The van der Waals surface area contributed by atoms with Gasteiger partial charge < -0.3 is 0 Å². The Morgan fingerprint density at radius 1 is 0.231 bits per heavy atom. The summed E-state index contributed by atoms with van der Waals surface area (Å²) in [5.41, 5.74) is 9.72. The highest BCUT2D eigenvalue weighted by atomic mass is 32.1. The Bertz CT molecular complexity index is 2610.